The second-order valence-corrected chi connectivity index (χ2v) is 6.18. The van der Waals surface area contributed by atoms with Crippen molar-refractivity contribution in [3.63, 3.8) is 0 Å². The number of carboxylic acids is 1. The van der Waals surface area contributed by atoms with Gasteiger partial charge in [0.2, 0.25) is 0 Å². The van der Waals surface area contributed by atoms with Crippen LogP contribution < -0.4 is 14.8 Å². The minimum Gasteiger partial charge on any atom is -0.497 e. The molecule has 27 heavy (non-hydrogen) atoms. The van der Waals surface area contributed by atoms with Crippen molar-refractivity contribution >= 4 is 11.8 Å². The fourth-order valence-electron chi connectivity index (χ4n) is 3.32. The molecule has 0 fully saturated rings. The van der Waals surface area contributed by atoms with Crippen LogP contribution in [-0.2, 0) is 6.42 Å². The zero-order chi connectivity index (χ0) is 19.0. The number of carbonyl (C=O) groups is 1. The van der Waals surface area contributed by atoms with E-state index in [2.05, 4.69) is 5.32 Å². The van der Waals surface area contributed by atoms with E-state index in [9.17, 15) is 4.79 Å². The van der Waals surface area contributed by atoms with Gasteiger partial charge in [0.1, 0.15) is 23.0 Å². The quantitative estimate of drug-likeness (QED) is 0.722. The average Bonchev–Trinajstić information content (AvgIpc) is 3.30. The molecular formula is C20H19N3O4. The van der Waals surface area contributed by atoms with E-state index >= 15 is 0 Å². The van der Waals surface area contributed by atoms with Gasteiger partial charge in [0.05, 0.1) is 25.5 Å². The number of benzene rings is 2. The summed E-state index contributed by atoms with van der Waals surface area (Å²) in [5.41, 5.74) is 3.88. The number of carboxylic acid groups (broad SMARTS) is 1. The van der Waals surface area contributed by atoms with Gasteiger partial charge in [-0.3, -0.25) is 0 Å². The van der Waals surface area contributed by atoms with Gasteiger partial charge in [0.25, 0.3) is 0 Å². The van der Waals surface area contributed by atoms with E-state index in [4.69, 9.17) is 19.7 Å². The van der Waals surface area contributed by atoms with Crippen molar-refractivity contribution in [3.05, 3.63) is 53.6 Å². The van der Waals surface area contributed by atoms with Crippen LogP contribution >= 0.6 is 0 Å². The molecule has 1 aliphatic heterocycles. The third kappa shape index (κ3) is 2.87. The molecule has 138 valence electrons. The summed E-state index contributed by atoms with van der Waals surface area (Å²) in [4.78, 5) is 11.1. The Kier molecular flexibility index (Phi) is 4.19. The standard InChI is InChI=1S/C20H19N3O4/c1-26-14-7-8-15(17(11-14)27-2)18-16-9-10-21-19(16)23(22-18)13-5-3-12(4-6-13)20(24)25/h3-8,11,21H,9-10H2,1-2H3,(H,24,25). The van der Waals surface area contributed by atoms with Crippen molar-refractivity contribution in [1.82, 2.24) is 9.78 Å². The van der Waals surface area contributed by atoms with Crippen LogP contribution in [0.1, 0.15) is 15.9 Å². The van der Waals surface area contributed by atoms with Crippen LogP contribution in [0.4, 0.5) is 5.82 Å². The van der Waals surface area contributed by atoms with Crippen LogP contribution in [0.25, 0.3) is 16.9 Å². The zero-order valence-electron chi connectivity index (χ0n) is 15.0. The van der Waals surface area contributed by atoms with Gasteiger partial charge in [-0.05, 0) is 42.8 Å². The Hall–Kier alpha value is -3.48. The van der Waals surface area contributed by atoms with Crippen LogP contribution in [0, 0.1) is 0 Å². The normalized spacial score (nSPS) is 12.4. The second-order valence-electron chi connectivity index (χ2n) is 6.18. The lowest BCUT2D eigenvalue weighted by Crippen LogP contribution is -2.05. The van der Waals surface area contributed by atoms with Crippen molar-refractivity contribution in [2.24, 2.45) is 0 Å². The third-order valence-electron chi connectivity index (χ3n) is 4.67. The van der Waals surface area contributed by atoms with Gasteiger partial charge in [0.15, 0.2) is 0 Å². The van der Waals surface area contributed by atoms with E-state index in [1.54, 1.807) is 38.5 Å². The molecule has 0 saturated heterocycles. The molecule has 0 bridgehead atoms. The van der Waals surface area contributed by atoms with Crippen LogP contribution in [0.3, 0.4) is 0 Å². The van der Waals surface area contributed by atoms with E-state index < -0.39 is 5.97 Å². The number of aromatic nitrogens is 2. The highest BCUT2D eigenvalue weighted by molar-refractivity contribution is 5.87. The maximum Gasteiger partial charge on any atom is 0.335 e. The molecule has 7 nitrogen and oxygen atoms in total. The molecule has 2 aromatic carbocycles. The largest absolute Gasteiger partial charge is 0.497 e. The molecule has 1 aromatic heterocycles. The molecule has 1 aliphatic rings. The molecule has 0 aliphatic carbocycles. The number of nitrogens with one attached hydrogen (secondary N) is 1. The van der Waals surface area contributed by atoms with E-state index in [-0.39, 0.29) is 5.56 Å². The Bertz CT molecular complexity index is 1010. The molecule has 0 atom stereocenters. The van der Waals surface area contributed by atoms with E-state index in [0.29, 0.717) is 11.5 Å². The molecular weight excluding hydrogens is 346 g/mol. The van der Waals surface area contributed by atoms with Crippen LogP contribution in [0.5, 0.6) is 11.5 Å². The lowest BCUT2D eigenvalue weighted by Gasteiger charge is -2.10. The number of ether oxygens (including phenoxy) is 2. The number of aromatic carboxylic acids is 1. The summed E-state index contributed by atoms with van der Waals surface area (Å²) in [7, 11) is 3.24. The highest BCUT2D eigenvalue weighted by Gasteiger charge is 2.25. The first-order chi connectivity index (χ1) is 13.1. The first kappa shape index (κ1) is 17.0. The van der Waals surface area contributed by atoms with Crippen molar-refractivity contribution in [2.45, 2.75) is 6.42 Å². The van der Waals surface area contributed by atoms with Crippen LogP contribution in [0.15, 0.2) is 42.5 Å². The van der Waals surface area contributed by atoms with Gasteiger partial charge in [0, 0.05) is 23.7 Å². The molecule has 7 heteroatoms. The summed E-state index contributed by atoms with van der Waals surface area (Å²) in [5.74, 6) is 1.38. The Labute approximate surface area is 156 Å². The minimum atomic E-state index is -0.950. The lowest BCUT2D eigenvalue weighted by molar-refractivity contribution is 0.0697. The lowest BCUT2D eigenvalue weighted by atomic mass is 10.1. The van der Waals surface area contributed by atoms with Crippen LogP contribution in [0.2, 0.25) is 0 Å². The number of rotatable bonds is 5. The Morgan fingerprint density at radius 3 is 2.59 bits per heavy atom. The van der Waals surface area contributed by atoms with Gasteiger partial charge in [-0.15, -0.1) is 0 Å². The highest BCUT2D eigenvalue weighted by Crippen LogP contribution is 2.39. The Balaban J connectivity index is 1.83. The van der Waals surface area contributed by atoms with Crippen molar-refractivity contribution < 1.29 is 19.4 Å². The van der Waals surface area contributed by atoms with Crippen LogP contribution in [-0.4, -0.2) is 41.6 Å². The summed E-state index contributed by atoms with van der Waals surface area (Å²) >= 11 is 0. The Morgan fingerprint density at radius 2 is 1.93 bits per heavy atom. The van der Waals surface area contributed by atoms with Gasteiger partial charge >= 0.3 is 5.97 Å². The number of nitrogens with zero attached hydrogens (tertiary/aromatic N) is 2. The van der Waals surface area contributed by atoms with Gasteiger partial charge < -0.3 is 19.9 Å². The molecule has 0 saturated carbocycles. The number of hydrogen-bond acceptors (Lipinski definition) is 5. The van der Waals surface area contributed by atoms with E-state index in [1.165, 1.54) is 0 Å². The first-order valence-corrected chi connectivity index (χ1v) is 8.54. The smallest absolute Gasteiger partial charge is 0.335 e. The van der Waals surface area contributed by atoms with Gasteiger partial charge in [-0.25, -0.2) is 9.48 Å². The SMILES string of the molecule is COc1ccc(-c2nn(-c3ccc(C(=O)O)cc3)c3c2CCN3)c(OC)c1. The molecule has 0 amide bonds. The van der Waals surface area contributed by atoms with Crippen molar-refractivity contribution in [2.75, 3.05) is 26.1 Å². The molecule has 0 radical (unpaired) electrons. The summed E-state index contributed by atoms with van der Waals surface area (Å²) in [6.07, 6.45) is 0.854. The second kappa shape index (κ2) is 6.68. The predicted molar refractivity (Wildman–Crippen MR) is 101 cm³/mol. The summed E-state index contributed by atoms with van der Waals surface area (Å²) in [6.45, 7) is 0.825. The maximum absolute atomic E-state index is 11.1. The number of fused-ring (bicyclic) bond motifs is 1. The van der Waals surface area contributed by atoms with E-state index in [1.807, 2.05) is 22.9 Å². The zero-order valence-corrected chi connectivity index (χ0v) is 15.0. The number of methoxy groups -OCH3 is 2. The fourth-order valence-corrected chi connectivity index (χ4v) is 3.32. The average molecular weight is 365 g/mol. The van der Waals surface area contributed by atoms with Crippen molar-refractivity contribution in [1.29, 1.82) is 0 Å². The predicted octanol–water partition coefficient (Wildman–Crippen LogP) is 3.22. The summed E-state index contributed by atoms with van der Waals surface area (Å²) in [5, 5.41) is 17.3. The maximum atomic E-state index is 11.1. The van der Waals surface area contributed by atoms with Gasteiger partial charge in [-0.2, -0.15) is 5.10 Å². The summed E-state index contributed by atoms with van der Waals surface area (Å²) in [6, 6.07) is 12.3. The molecule has 2 N–H and O–H groups in total. The fraction of sp³-hybridized carbons (Fsp3) is 0.200. The highest BCUT2D eigenvalue weighted by atomic mass is 16.5. The third-order valence-corrected chi connectivity index (χ3v) is 4.67. The number of anilines is 1. The van der Waals surface area contributed by atoms with E-state index in [0.717, 1.165) is 41.3 Å². The molecule has 4 rings (SSSR count). The molecule has 0 spiro atoms. The minimum absolute atomic E-state index is 0.243. The summed E-state index contributed by atoms with van der Waals surface area (Å²) < 4.78 is 12.6. The molecule has 2 heterocycles. The Morgan fingerprint density at radius 1 is 1.15 bits per heavy atom. The molecule has 0 unspecified atom stereocenters. The topological polar surface area (TPSA) is 85.6 Å². The van der Waals surface area contributed by atoms with Gasteiger partial charge in [-0.1, -0.05) is 0 Å². The van der Waals surface area contributed by atoms with Crippen molar-refractivity contribution in [3.8, 4) is 28.4 Å². The number of hydrogen-bond donors (Lipinski definition) is 2. The molecule has 3 aromatic rings. The first-order valence-electron chi connectivity index (χ1n) is 8.54. The monoisotopic (exact) mass is 365 g/mol.